The zero-order valence-corrected chi connectivity index (χ0v) is 9.08. The van der Waals surface area contributed by atoms with Crippen LogP contribution in [0.2, 0.25) is 0 Å². The van der Waals surface area contributed by atoms with Gasteiger partial charge in [-0.15, -0.1) is 0 Å². The first-order chi connectivity index (χ1) is 8.22. The van der Waals surface area contributed by atoms with Crippen LogP contribution in [0.1, 0.15) is 17.0 Å². The number of fused-ring (bicyclic) bond motifs is 3. The average molecular weight is 231 g/mol. The Bertz CT molecular complexity index is 593. The lowest BCUT2D eigenvalue weighted by molar-refractivity contribution is 0.624. The summed E-state index contributed by atoms with van der Waals surface area (Å²) in [5.74, 6) is -0.687. The third-order valence-corrected chi connectivity index (χ3v) is 3.32. The van der Waals surface area contributed by atoms with Crippen LogP contribution < -0.4 is 5.73 Å². The van der Waals surface area contributed by atoms with Gasteiger partial charge in [0.15, 0.2) is 0 Å². The molecule has 2 aromatic rings. The Kier molecular flexibility index (Phi) is 2.23. The molecule has 1 aliphatic rings. The molecule has 0 heterocycles. The van der Waals surface area contributed by atoms with Crippen molar-refractivity contribution in [3.63, 3.8) is 0 Å². The van der Waals surface area contributed by atoms with Crippen LogP contribution in [-0.4, -0.2) is 6.54 Å². The molecular weight excluding hydrogens is 220 g/mol. The lowest BCUT2D eigenvalue weighted by Crippen LogP contribution is -2.11. The molecule has 0 bridgehead atoms. The van der Waals surface area contributed by atoms with Crippen molar-refractivity contribution in [2.24, 2.45) is 5.73 Å². The van der Waals surface area contributed by atoms with E-state index in [0.717, 1.165) is 16.7 Å². The van der Waals surface area contributed by atoms with E-state index >= 15 is 0 Å². The summed E-state index contributed by atoms with van der Waals surface area (Å²) in [4.78, 5) is 0. The van der Waals surface area contributed by atoms with E-state index in [0.29, 0.717) is 12.1 Å². The molecule has 1 unspecified atom stereocenters. The molecule has 1 atom stereocenters. The normalized spacial score (nSPS) is 16.8. The van der Waals surface area contributed by atoms with Gasteiger partial charge in [0.05, 0.1) is 0 Å². The fraction of sp³-hybridized carbons (Fsp3) is 0.143. The molecule has 0 amide bonds. The van der Waals surface area contributed by atoms with Gasteiger partial charge < -0.3 is 5.73 Å². The van der Waals surface area contributed by atoms with Crippen LogP contribution >= 0.6 is 0 Å². The van der Waals surface area contributed by atoms with Crippen molar-refractivity contribution in [2.45, 2.75) is 5.92 Å². The van der Waals surface area contributed by atoms with E-state index in [1.54, 1.807) is 12.1 Å². The summed E-state index contributed by atoms with van der Waals surface area (Å²) in [6, 6.07) is 9.38. The van der Waals surface area contributed by atoms with Gasteiger partial charge in [-0.2, -0.15) is 0 Å². The van der Waals surface area contributed by atoms with Crippen LogP contribution in [0.15, 0.2) is 36.4 Å². The van der Waals surface area contributed by atoms with Gasteiger partial charge in [0, 0.05) is 18.0 Å². The molecule has 2 N–H and O–H groups in total. The molecule has 3 heteroatoms. The summed E-state index contributed by atoms with van der Waals surface area (Å²) in [6.45, 7) is 0.354. The minimum Gasteiger partial charge on any atom is -0.330 e. The number of rotatable bonds is 1. The summed E-state index contributed by atoms with van der Waals surface area (Å²) in [7, 11) is 0. The van der Waals surface area contributed by atoms with E-state index in [1.165, 1.54) is 18.2 Å². The highest BCUT2D eigenvalue weighted by Gasteiger charge is 2.29. The molecule has 17 heavy (non-hydrogen) atoms. The summed E-state index contributed by atoms with van der Waals surface area (Å²) in [5, 5.41) is 0. The van der Waals surface area contributed by atoms with Crippen molar-refractivity contribution in [3.8, 4) is 11.1 Å². The highest BCUT2D eigenvalue weighted by atomic mass is 19.1. The number of hydrogen-bond donors (Lipinski definition) is 1. The molecule has 3 rings (SSSR count). The summed E-state index contributed by atoms with van der Waals surface area (Å²) in [5.41, 5.74) is 8.69. The number of benzene rings is 2. The van der Waals surface area contributed by atoms with Crippen molar-refractivity contribution >= 4 is 0 Å². The summed E-state index contributed by atoms with van der Waals surface area (Å²) >= 11 is 0. The largest absolute Gasteiger partial charge is 0.330 e. The molecule has 0 saturated heterocycles. The van der Waals surface area contributed by atoms with Crippen molar-refractivity contribution < 1.29 is 8.78 Å². The Morgan fingerprint density at radius 1 is 1.06 bits per heavy atom. The van der Waals surface area contributed by atoms with Crippen LogP contribution in [-0.2, 0) is 0 Å². The van der Waals surface area contributed by atoms with Crippen LogP contribution in [0.3, 0.4) is 0 Å². The first-order valence-electron chi connectivity index (χ1n) is 5.50. The monoisotopic (exact) mass is 231 g/mol. The molecule has 2 aromatic carbocycles. The molecule has 0 radical (unpaired) electrons. The maximum absolute atomic E-state index is 13.8. The smallest absolute Gasteiger partial charge is 0.131 e. The second kappa shape index (κ2) is 3.64. The Labute approximate surface area is 97.9 Å². The minimum absolute atomic E-state index is 0.105. The SMILES string of the molecule is NCC1c2cc(F)ccc2-c2c(F)cccc21. The van der Waals surface area contributed by atoms with E-state index in [9.17, 15) is 8.78 Å². The van der Waals surface area contributed by atoms with Crippen LogP contribution in [0.4, 0.5) is 8.78 Å². The van der Waals surface area contributed by atoms with Gasteiger partial charge in [0.25, 0.3) is 0 Å². The standard InChI is InChI=1S/C14H11F2N/c15-8-4-5-10-11(6-8)12(7-17)9-2-1-3-13(16)14(9)10/h1-6,12H,7,17H2. The van der Waals surface area contributed by atoms with Gasteiger partial charge in [0.1, 0.15) is 11.6 Å². The first kappa shape index (κ1) is 10.4. The second-order valence-electron chi connectivity index (χ2n) is 4.22. The van der Waals surface area contributed by atoms with E-state index in [1.807, 2.05) is 6.07 Å². The highest BCUT2D eigenvalue weighted by Crippen LogP contribution is 2.45. The summed E-state index contributed by atoms with van der Waals surface area (Å²) in [6.07, 6.45) is 0. The second-order valence-corrected chi connectivity index (χ2v) is 4.22. The molecule has 0 aromatic heterocycles. The molecule has 0 saturated carbocycles. The van der Waals surface area contributed by atoms with Crippen molar-refractivity contribution in [3.05, 3.63) is 59.2 Å². The minimum atomic E-state index is -0.310. The molecule has 0 fully saturated rings. The van der Waals surface area contributed by atoms with Gasteiger partial charge >= 0.3 is 0 Å². The van der Waals surface area contributed by atoms with E-state index in [-0.39, 0.29) is 17.6 Å². The fourth-order valence-corrected chi connectivity index (χ4v) is 2.59. The van der Waals surface area contributed by atoms with Crippen LogP contribution in [0.5, 0.6) is 0 Å². The quantitative estimate of drug-likeness (QED) is 0.802. The van der Waals surface area contributed by atoms with E-state index in [2.05, 4.69) is 0 Å². The Morgan fingerprint density at radius 2 is 1.88 bits per heavy atom. The van der Waals surface area contributed by atoms with Gasteiger partial charge in [-0.3, -0.25) is 0 Å². The predicted molar refractivity (Wildman–Crippen MR) is 62.7 cm³/mol. The number of hydrogen-bond acceptors (Lipinski definition) is 1. The van der Waals surface area contributed by atoms with Gasteiger partial charge in [-0.1, -0.05) is 18.2 Å². The van der Waals surface area contributed by atoms with Crippen LogP contribution in [0.25, 0.3) is 11.1 Å². The zero-order chi connectivity index (χ0) is 12.0. The Morgan fingerprint density at radius 3 is 2.65 bits per heavy atom. The summed E-state index contributed by atoms with van der Waals surface area (Å²) < 4.78 is 27.1. The number of halogens is 2. The molecule has 1 aliphatic carbocycles. The van der Waals surface area contributed by atoms with Crippen LogP contribution in [0, 0.1) is 11.6 Å². The molecule has 86 valence electrons. The maximum atomic E-state index is 13.8. The first-order valence-corrected chi connectivity index (χ1v) is 5.50. The van der Waals surface area contributed by atoms with Crippen molar-refractivity contribution in [2.75, 3.05) is 6.54 Å². The van der Waals surface area contributed by atoms with E-state index in [4.69, 9.17) is 5.73 Å². The molecular formula is C14H11F2N. The third kappa shape index (κ3) is 1.39. The molecule has 0 aliphatic heterocycles. The maximum Gasteiger partial charge on any atom is 0.131 e. The Hall–Kier alpha value is -1.74. The third-order valence-electron chi connectivity index (χ3n) is 3.32. The highest BCUT2D eigenvalue weighted by molar-refractivity contribution is 5.79. The van der Waals surface area contributed by atoms with Crippen molar-refractivity contribution in [1.29, 1.82) is 0 Å². The fourth-order valence-electron chi connectivity index (χ4n) is 2.59. The lowest BCUT2D eigenvalue weighted by Gasteiger charge is -2.09. The van der Waals surface area contributed by atoms with E-state index < -0.39 is 0 Å². The topological polar surface area (TPSA) is 26.0 Å². The average Bonchev–Trinajstić information content (AvgIpc) is 2.63. The predicted octanol–water partition coefficient (Wildman–Crippen LogP) is 3.04. The Balaban J connectivity index is 2.34. The van der Waals surface area contributed by atoms with Gasteiger partial charge in [0.2, 0.25) is 0 Å². The zero-order valence-electron chi connectivity index (χ0n) is 9.08. The lowest BCUT2D eigenvalue weighted by atomic mass is 9.97. The molecule has 0 spiro atoms. The van der Waals surface area contributed by atoms with Crippen molar-refractivity contribution in [1.82, 2.24) is 0 Å². The van der Waals surface area contributed by atoms with Gasteiger partial charge in [-0.25, -0.2) is 8.78 Å². The molecule has 1 nitrogen and oxygen atoms in total. The van der Waals surface area contributed by atoms with Gasteiger partial charge in [-0.05, 0) is 34.9 Å². The number of nitrogens with two attached hydrogens (primary N) is 1.